The Bertz CT molecular complexity index is 1240. The molecule has 1 aliphatic heterocycles. The summed E-state index contributed by atoms with van der Waals surface area (Å²) in [6.07, 6.45) is -1.61. The zero-order valence-electron chi connectivity index (χ0n) is 18.9. The van der Waals surface area contributed by atoms with Crippen LogP contribution < -0.4 is 14.0 Å². The fraction of sp³-hybridized carbons (Fsp3) is 0.292. The van der Waals surface area contributed by atoms with E-state index in [1.165, 1.54) is 25.3 Å². The van der Waals surface area contributed by atoms with Crippen molar-refractivity contribution >= 4 is 11.6 Å². The smallest absolute Gasteiger partial charge is 0.495 e. The lowest BCUT2D eigenvalue weighted by atomic mass is 10.1. The van der Waals surface area contributed by atoms with Gasteiger partial charge in [-0.25, -0.2) is 14.3 Å². The summed E-state index contributed by atoms with van der Waals surface area (Å²) in [6.45, 7) is 1.60. The van der Waals surface area contributed by atoms with Crippen molar-refractivity contribution in [2.24, 2.45) is 0 Å². The Labute approximate surface area is 199 Å². The Balaban J connectivity index is 1.70. The molecule has 1 fully saturated rings. The van der Waals surface area contributed by atoms with Crippen LogP contribution in [0.25, 0.3) is 0 Å². The van der Waals surface area contributed by atoms with Gasteiger partial charge in [0.2, 0.25) is 0 Å². The molecule has 0 saturated carbocycles. The molecule has 2 aromatic carbocycles. The predicted molar refractivity (Wildman–Crippen MR) is 120 cm³/mol. The van der Waals surface area contributed by atoms with Gasteiger partial charge in [-0.3, -0.25) is 4.90 Å². The quantitative estimate of drug-likeness (QED) is 0.512. The summed E-state index contributed by atoms with van der Waals surface area (Å²) in [6, 6.07) is 12.6. The number of halogens is 3. The molecule has 1 aromatic heterocycles. The van der Waals surface area contributed by atoms with Crippen LogP contribution in [0.5, 0.6) is 11.5 Å². The third-order valence-electron chi connectivity index (χ3n) is 5.97. The highest BCUT2D eigenvalue weighted by atomic mass is 19.4. The summed E-state index contributed by atoms with van der Waals surface area (Å²) in [7, 11) is 1.45. The maximum absolute atomic E-state index is 13.7. The number of amides is 1. The van der Waals surface area contributed by atoms with Gasteiger partial charge in [0.15, 0.2) is 0 Å². The number of rotatable bonds is 7. The van der Waals surface area contributed by atoms with E-state index in [2.05, 4.69) is 14.7 Å². The molecule has 8 nitrogen and oxygen atoms in total. The summed E-state index contributed by atoms with van der Waals surface area (Å²) < 4.78 is 47.8. The minimum absolute atomic E-state index is 0.0940. The number of alkyl halides is 3. The average Bonchev–Trinajstić information content (AvgIpc) is 3.33. The third kappa shape index (κ3) is 5.45. The van der Waals surface area contributed by atoms with E-state index in [0.717, 1.165) is 5.69 Å². The molecule has 1 amide bonds. The number of nitriles is 1. The molecule has 1 saturated heterocycles. The number of ether oxygens (including phenoxy) is 2. The van der Waals surface area contributed by atoms with Gasteiger partial charge < -0.3 is 14.5 Å². The summed E-state index contributed by atoms with van der Waals surface area (Å²) in [5, 5.41) is 9.28. The standard InChI is InChI=1S/C24H23F3N5O3/c1-34-22-9-17(5-6-18(22)11-28)15-32(20-3-2-4-21(10-20)35-24(25,26)27)8-7-31(14-23(32)33)13-19-12-29-16-30-19/h2-6,9-10,12,16H,7-8,13-15H2,1H3,(H,29,30)/q+1. The number of hydrogen-bond acceptors (Lipinski definition) is 6. The van der Waals surface area contributed by atoms with Crippen molar-refractivity contribution in [2.75, 3.05) is 26.7 Å². The van der Waals surface area contributed by atoms with E-state index < -0.39 is 12.1 Å². The molecular formula is C24H23F3N5O3+. The van der Waals surface area contributed by atoms with Crippen molar-refractivity contribution in [3.05, 3.63) is 71.8 Å². The van der Waals surface area contributed by atoms with Crippen LogP contribution in [0.1, 0.15) is 16.8 Å². The summed E-state index contributed by atoms with van der Waals surface area (Å²) in [4.78, 5) is 22.7. The third-order valence-corrected chi connectivity index (χ3v) is 5.97. The molecule has 0 radical (unpaired) electrons. The van der Waals surface area contributed by atoms with Gasteiger partial charge in [0.05, 0.1) is 19.0 Å². The van der Waals surface area contributed by atoms with E-state index in [1.807, 2.05) is 11.0 Å². The van der Waals surface area contributed by atoms with Crippen LogP contribution in [0.4, 0.5) is 18.9 Å². The maximum Gasteiger partial charge on any atom is 0.573 e. The minimum atomic E-state index is -4.85. The van der Waals surface area contributed by atoms with Crippen molar-refractivity contribution < 1.29 is 27.4 Å². The molecule has 35 heavy (non-hydrogen) atoms. The SMILES string of the molecule is COc1cc(C[N+]2(c3cccc(OC(F)(F)F)c3)CCN(Cc3cnc[nH]3)CC2=O)ccc1C#N. The average molecular weight is 486 g/mol. The van der Waals surface area contributed by atoms with Crippen LogP contribution in [0.15, 0.2) is 55.0 Å². The lowest BCUT2D eigenvalue weighted by Crippen LogP contribution is -2.63. The molecule has 2 heterocycles. The number of aromatic nitrogens is 2. The number of nitrogens with zero attached hydrogens (tertiary/aromatic N) is 4. The molecule has 182 valence electrons. The van der Waals surface area contributed by atoms with Gasteiger partial charge in [-0.1, -0.05) is 12.1 Å². The predicted octanol–water partition coefficient (Wildman–Crippen LogP) is 3.74. The maximum atomic E-state index is 13.7. The minimum Gasteiger partial charge on any atom is -0.495 e. The first-order chi connectivity index (χ1) is 16.7. The van der Waals surface area contributed by atoms with Crippen LogP contribution in [-0.4, -0.2) is 53.9 Å². The molecule has 3 aromatic rings. The van der Waals surface area contributed by atoms with Crippen molar-refractivity contribution in [3.8, 4) is 17.6 Å². The van der Waals surface area contributed by atoms with E-state index in [-0.39, 0.29) is 23.5 Å². The molecule has 0 aliphatic carbocycles. The van der Waals surface area contributed by atoms with E-state index in [1.54, 1.807) is 36.8 Å². The zero-order valence-corrected chi connectivity index (χ0v) is 18.9. The Kier molecular flexibility index (Phi) is 6.77. The normalized spacial score (nSPS) is 18.8. The second kappa shape index (κ2) is 9.77. The number of carbonyl (C=O) groups is 1. The number of aromatic amines is 1. The molecular weight excluding hydrogens is 463 g/mol. The number of methoxy groups -OCH3 is 1. The van der Waals surface area contributed by atoms with Gasteiger partial charge in [0.25, 0.3) is 0 Å². The van der Waals surface area contributed by atoms with Gasteiger partial charge in [-0.05, 0) is 24.3 Å². The summed E-state index contributed by atoms with van der Waals surface area (Å²) in [5.74, 6) is -0.205. The number of nitrogens with one attached hydrogen (secondary N) is 1. The van der Waals surface area contributed by atoms with Crippen LogP contribution in [-0.2, 0) is 17.9 Å². The van der Waals surface area contributed by atoms with E-state index in [0.29, 0.717) is 42.2 Å². The number of quaternary nitrogens is 1. The first-order valence-electron chi connectivity index (χ1n) is 10.8. The van der Waals surface area contributed by atoms with Crippen LogP contribution in [0.3, 0.4) is 0 Å². The Hall–Kier alpha value is -3.88. The van der Waals surface area contributed by atoms with Crippen molar-refractivity contribution in [3.63, 3.8) is 0 Å². The van der Waals surface area contributed by atoms with Gasteiger partial charge in [-0.15, -0.1) is 13.2 Å². The lowest BCUT2D eigenvalue weighted by Gasteiger charge is -2.42. The Morgan fingerprint density at radius 3 is 2.74 bits per heavy atom. The molecule has 11 heteroatoms. The van der Waals surface area contributed by atoms with Gasteiger partial charge in [0.1, 0.15) is 42.9 Å². The van der Waals surface area contributed by atoms with Gasteiger partial charge in [-0.2, -0.15) is 5.26 Å². The fourth-order valence-electron chi connectivity index (χ4n) is 4.31. The number of carbonyl (C=O) groups excluding carboxylic acids is 1. The topological polar surface area (TPSA) is 91.2 Å². The van der Waals surface area contributed by atoms with Gasteiger partial charge in [0, 0.05) is 36.6 Å². The molecule has 1 unspecified atom stereocenters. The lowest BCUT2D eigenvalue weighted by molar-refractivity contribution is -0.274. The van der Waals surface area contributed by atoms with E-state index in [4.69, 9.17) is 4.74 Å². The molecule has 1 atom stereocenters. The second-order valence-electron chi connectivity index (χ2n) is 8.22. The highest BCUT2D eigenvalue weighted by Crippen LogP contribution is 2.35. The number of piperazine rings is 1. The number of hydrogen-bond donors (Lipinski definition) is 1. The molecule has 0 bridgehead atoms. The van der Waals surface area contributed by atoms with Crippen LogP contribution in [0, 0.1) is 11.3 Å². The molecule has 1 aliphatic rings. The highest BCUT2D eigenvalue weighted by molar-refractivity contribution is 5.91. The van der Waals surface area contributed by atoms with Crippen molar-refractivity contribution in [1.82, 2.24) is 19.4 Å². The summed E-state index contributed by atoms with van der Waals surface area (Å²) in [5.41, 5.74) is 2.30. The monoisotopic (exact) mass is 486 g/mol. The highest BCUT2D eigenvalue weighted by Gasteiger charge is 2.44. The molecule has 0 spiro atoms. The summed E-state index contributed by atoms with van der Waals surface area (Å²) >= 11 is 0. The first kappa shape index (κ1) is 24.3. The number of H-pyrrole nitrogens is 1. The van der Waals surface area contributed by atoms with Crippen LogP contribution >= 0.6 is 0 Å². The van der Waals surface area contributed by atoms with Crippen LogP contribution in [0.2, 0.25) is 0 Å². The fourth-order valence-corrected chi connectivity index (χ4v) is 4.31. The van der Waals surface area contributed by atoms with Crippen molar-refractivity contribution in [2.45, 2.75) is 19.5 Å². The first-order valence-corrected chi connectivity index (χ1v) is 10.8. The van der Waals surface area contributed by atoms with E-state index >= 15 is 0 Å². The number of imidazole rings is 1. The Morgan fingerprint density at radius 2 is 2.09 bits per heavy atom. The largest absolute Gasteiger partial charge is 0.573 e. The zero-order chi connectivity index (χ0) is 25.1. The molecule has 4 rings (SSSR count). The van der Waals surface area contributed by atoms with Crippen molar-refractivity contribution in [1.29, 1.82) is 5.26 Å². The van der Waals surface area contributed by atoms with E-state index in [9.17, 15) is 23.2 Å². The Morgan fingerprint density at radius 1 is 1.26 bits per heavy atom. The van der Waals surface area contributed by atoms with Gasteiger partial charge >= 0.3 is 12.3 Å². The number of benzene rings is 2. The molecule has 1 N–H and O–H groups in total. The second-order valence-corrected chi connectivity index (χ2v) is 8.22.